The molecule has 1 fully saturated rings. The van der Waals surface area contributed by atoms with Crippen molar-refractivity contribution in [3.8, 4) is 0 Å². The van der Waals surface area contributed by atoms with Crippen molar-refractivity contribution in [2.45, 2.75) is 44.7 Å². The maximum absolute atomic E-state index is 12.8. The predicted octanol–water partition coefficient (Wildman–Crippen LogP) is 1.84. The monoisotopic (exact) mass is 435 g/mol. The molecule has 162 valence electrons. The molecule has 0 atom stereocenters. The molecule has 1 N–H and O–H groups in total. The molecule has 0 radical (unpaired) electrons. The standard InChI is InChI=1S/C19H25N5O5S/c1-3-22-13-16(14(2)21-22)12-20-19(25)15-8-10-23(11-9-15)30(28,29)18-6-4-17(5-7-18)24(26)27/h4-7,13,15H,3,8-12H2,1-2H3,(H,20,25). The zero-order valence-corrected chi connectivity index (χ0v) is 17.8. The second-order valence-corrected chi connectivity index (χ2v) is 9.18. The van der Waals surface area contributed by atoms with E-state index in [2.05, 4.69) is 10.4 Å². The van der Waals surface area contributed by atoms with Crippen LogP contribution in [0.15, 0.2) is 35.4 Å². The Morgan fingerprint density at radius 2 is 1.90 bits per heavy atom. The van der Waals surface area contributed by atoms with Crippen LogP contribution < -0.4 is 5.32 Å². The van der Waals surface area contributed by atoms with Gasteiger partial charge in [0.25, 0.3) is 5.69 Å². The number of benzene rings is 1. The molecule has 10 nitrogen and oxygen atoms in total. The molecule has 0 bridgehead atoms. The summed E-state index contributed by atoms with van der Waals surface area (Å²) in [4.78, 5) is 22.7. The minimum absolute atomic E-state index is 0.0133. The number of sulfonamides is 1. The first-order valence-corrected chi connectivity index (χ1v) is 11.2. The van der Waals surface area contributed by atoms with Crippen molar-refractivity contribution < 1.29 is 18.1 Å². The van der Waals surface area contributed by atoms with Gasteiger partial charge in [0.1, 0.15) is 0 Å². The molecule has 1 aliphatic rings. The van der Waals surface area contributed by atoms with Crippen molar-refractivity contribution in [3.63, 3.8) is 0 Å². The summed E-state index contributed by atoms with van der Waals surface area (Å²) >= 11 is 0. The number of aromatic nitrogens is 2. The molecule has 1 saturated heterocycles. The lowest BCUT2D eigenvalue weighted by atomic mass is 9.97. The molecule has 1 aromatic heterocycles. The summed E-state index contributed by atoms with van der Waals surface area (Å²) in [6.07, 6.45) is 2.76. The Balaban J connectivity index is 1.56. The first-order chi connectivity index (χ1) is 14.2. The topological polar surface area (TPSA) is 127 Å². The van der Waals surface area contributed by atoms with Gasteiger partial charge in [-0.1, -0.05) is 0 Å². The van der Waals surface area contributed by atoms with Gasteiger partial charge < -0.3 is 5.32 Å². The fourth-order valence-electron chi connectivity index (χ4n) is 3.47. The molecule has 0 saturated carbocycles. The van der Waals surface area contributed by atoms with E-state index in [1.54, 1.807) is 0 Å². The Kier molecular flexibility index (Phi) is 6.52. The summed E-state index contributed by atoms with van der Waals surface area (Å²) in [5.41, 5.74) is 1.67. The minimum Gasteiger partial charge on any atom is -0.352 e. The summed E-state index contributed by atoms with van der Waals surface area (Å²) < 4.78 is 28.7. The average Bonchev–Trinajstić information content (AvgIpc) is 3.11. The normalized spacial score (nSPS) is 15.8. The summed E-state index contributed by atoms with van der Waals surface area (Å²) in [7, 11) is -3.75. The van der Waals surface area contributed by atoms with Crippen molar-refractivity contribution in [2.24, 2.45) is 5.92 Å². The van der Waals surface area contributed by atoms with Gasteiger partial charge in [-0.2, -0.15) is 9.40 Å². The number of carbonyl (C=O) groups excluding carboxylic acids is 1. The van der Waals surface area contributed by atoms with Gasteiger partial charge in [-0.25, -0.2) is 8.42 Å². The quantitative estimate of drug-likeness (QED) is 0.522. The minimum atomic E-state index is -3.75. The Hall–Kier alpha value is -2.79. The van der Waals surface area contributed by atoms with Gasteiger partial charge in [-0.15, -0.1) is 0 Å². The number of carbonyl (C=O) groups is 1. The maximum Gasteiger partial charge on any atom is 0.269 e. The van der Waals surface area contributed by atoms with Gasteiger partial charge in [-0.3, -0.25) is 19.6 Å². The van der Waals surface area contributed by atoms with Crippen LogP contribution in [0.2, 0.25) is 0 Å². The van der Waals surface area contributed by atoms with Crippen molar-refractivity contribution in [1.82, 2.24) is 19.4 Å². The summed E-state index contributed by atoms with van der Waals surface area (Å²) in [6, 6.07) is 4.83. The number of nitro groups is 1. The van der Waals surface area contributed by atoms with Gasteiger partial charge >= 0.3 is 0 Å². The number of aryl methyl sites for hydroxylation is 2. The molecule has 0 spiro atoms. The highest BCUT2D eigenvalue weighted by atomic mass is 32.2. The Morgan fingerprint density at radius 1 is 1.27 bits per heavy atom. The lowest BCUT2D eigenvalue weighted by Gasteiger charge is -2.30. The van der Waals surface area contributed by atoms with Gasteiger partial charge in [0.05, 0.1) is 15.5 Å². The van der Waals surface area contributed by atoms with Crippen LogP contribution in [0.1, 0.15) is 31.0 Å². The van der Waals surface area contributed by atoms with Crippen molar-refractivity contribution in [3.05, 3.63) is 51.8 Å². The smallest absolute Gasteiger partial charge is 0.269 e. The van der Waals surface area contributed by atoms with Crippen molar-refractivity contribution >= 4 is 21.6 Å². The number of nitrogens with one attached hydrogen (secondary N) is 1. The van der Waals surface area contributed by atoms with Crippen LogP contribution in [0.25, 0.3) is 0 Å². The van der Waals surface area contributed by atoms with Gasteiger partial charge in [0, 0.05) is 56.0 Å². The number of nitro benzene ring substituents is 1. The zero-order valence-electron chi connectivity index (χ0n) is 16.9. The van der Waals surface area contributed by atoms with E-state index >= 15 is 0 Å². The molecular weight excluding hydrogens is 410 g/mol. The van der Waals surface area contributed by atoms with E-state index in [1.807, 2.05) is 24.7 Å². The SMILES string of the molecule is CCn1cc(CNC(=O)C2CCN(S(=O)(=O)c3ccc([N+](=O)[O-])cc3)CC2)c(C)n1. The zero-order chi connectivity index (χ0) is 21.9. The molecule has 1 aromatic carbocycles. The molecule has 2 aromatic rings. The van der Waals surface area contributed by atoms with Crippen LogP contribution in [0, 0.1) is 23.0 Å². The van der Waals surface area contributed by atoms with Crippen LogP contribution in [0.3, 0.4) is 0 Å². The highest BCUT2D eigenvalue weighted by Gasteiger charge is 2.32. The number of piperidine rings is 1. The summed E-state index contributed by atoms with van der Waals surface area (Å²) in [6.45, 7) is 5.50. The third kappa shape index (κ3) is 4.68. The molecule has 11 heteroatoms. The molecule has 1 amide bonds. The Bertz CT molecular complexity index is 1020. The van der Waals surface area contributed by atoms with E-state index in [1.165, 1.54) is 28.6 Å². The third-order valence-electron chi connectivity index (χ3n) is 5.34. The third-order valence-corrected chi connectivity index (χ3v) is 7.25. The van der Waals surface area contributed by atoms with Crippen molar-refractivity contribution in [2.75, 3.05) is 13.1 Å². The Morgan fingerprint density at radius 3 is 2.43 bits per heavy atom. The summed E-state index contributed by atoms with van der Waals surface area (Å²) in [5.74, 6) is -0.346. The van der Waals surface area contributed by atoms with Crippen LogP contribution >= 0.6 is 0 Å². The molecule has 0 unspecified atom stereocenters. The van der Waals surface area contributed by atoms with E-state index in [4.69, 9.17) is 0 Å². The highest BCUT2D eigenvalue weighted by molar-refractivity contribution is 7.89. The maximum atomic E-state index is 12.8. The highest BCUT2D eigenvalue weighted by Crippen LogP contribution is 2.25. The van der Waals surface area contributed by atoms with E-state index in [-0.39, 0.29) is 35.5 Å². The van der Waals surface area contributed by atoms with Crippen LogP contribution in [-0.2, 0) is 27.9 Å². The van der Waals surface area contributed by atoms with Crippen LogP contribution in [0.4, 0.5) is 5.69 Å². The predicted molar refractivity (Wildman–Crippen MR) is 109 cm³/mol. The molecule has 1 aliphatic heterocycles. The fraction of sp³-hybridized carbons (Fsp3) is 0.474. The number of hydrogen-bond acceptors (Lipinski definition) is 6. The van der Waals surface area contributed by atoms with Gasteiger partial charge in [-0.05, 0) is 38.8 Å². The average molecular weight is 436 g/mol. The molecule has 2 heterocycles. The molecule has 0 aliphatic carbocycles. The molecular formula is C19H25N5O5S. The van der Waals surface area contributed by atoms with Gasteiger partial charge in [0.15, 0.2) is 0 Å². The van der Waals surface area contributed by atoms with Crippen LogP contribution in [-0.4, -0.2) is 46.4 Å². The lowest BCUT2D eigenvalue weighted by molar-refractivity contribution is -0.384. The number of amides is 1. The first-order valence-electron chi connectivity index (χ1n) is 9.77. The van der Waals surface area contributed by atoms with E-state index in [0.29, 0.717) is 19.4 Å². The first kappa shape index (κ1) is 21.9. The number of hydrogen-bond donors (Lipinski definition) is 1. The second-order valence-electron chi connectivity index (χ2n) is 7.24. The van der Waals surface area contributed by atoms with E-state index < -0.39 is 14.9 Å². The second kappa shape index (κ2) is 8.92. The largest absolute Gasteiger partial charge is 0.352 e. The lowest BCUT2D eigenvalue weighted by Crippen LogP contribution is -2.42. The number of non-ortho nitro benzene ring substituents is 1. The Labute approximate surface area is 175 Å². The summed E-state index contributed by atoms with van der Waals surface area (Å²) in [5, 5.41) is 18.0. The number of rotatable bonds is 7. The molecule has 30 heavy (non-hydrogen) atoms. The fourth-order valence-corrected chi connectivity index (χ4v) is 4.94. The number of nitrogens with zero attached hydrogens (tertiary/aromatic N) is 4. The molecule has 3 rings (SSSR count). The van der Waals surface area contributed by atoms with Crippen molar-refractivity contribution in [1.29, 1.82) is 0 Å². The van der Waals surface area contributed by atoms with E-state index in [0.717, 1.165) is 17.8 Å². The van der Waals surface area contributed by atoms with E-state index in [9.17, 15) is 23.3 Å². The van der Waals surface area contributed by atoms with Crippen LogP contribution in [0.5, 0.6) is 0 Å². The van der Waals surface area contributed by atoms with Gasteiger partial charge in [0.2, 0.25) is 15.9 Å².